The lowest BCUT2D eigenvalue weighted by Crippen LogP contribution is -1.86. The van der Waals surface area contributed by atoms with Crippen LogP contribution in [0.5, 0.6) is 0 Å². The Morgan fingerprint density at radius 2 is 2.31 bits per heavy atom. The number of aliphatic hydroxyl groups is 1. The van der Waals surface area contributed by atoms with E-state index in [9.17, 15) is 0 Å². The molecule has 0 aliphatic rings. The molecule has 13 heavy (non-hydrogen) atoms. The molecule has 72 valence electrons. The van der Waals surface area contributed by atoms with Gasteiger partial charge in [0.15, 0.2) is 0 Å². The lowest BCUT2D eigenvalue weighted by molar-refractivity contribution is 0.287. The lowest BCUT2D eigenvalue weighted by atomic mass is 10.4. The van der Waals surface area contributed by atoms with Gasteiger partial charge in [-0.25, -0.2) is 0 Å². The molecule has 0 saturated heterocycles. The van der Waals surface area contributed by atoms with Gasteiger partial charge in [-0.3, -0.25) is 0 Å². The van der Waals surface area contributed by atoms with E-state index in [1.807, 2.05) is 18.3 Å². The second kappa shape index (κ2) is 6.18. The summed E-state index contributed by atoms with van der Waals surface area (Å²) in [7, 11) is 0. The van der Waals surface area contributed by atoms with Crippen molar-refractivity contribution < 1.29 is 5.11 Å². The van der Waals surface area contributed by atoms with Crippen LogP contribution in [-0.4, -0.2) is 22.5 Å². The molecule has 1 rings (SSSR count). The molecule has 1 aromatic rings. The fourth-order valence-electron chi connectivity index (χ4n) is 0.916. The molecule has 1 aromatic heterocycles. The van der Waals surface area contributed by atoms with Crippen molar-refractivity contribution in [1.82, 2.24) is 4.98 Å². The van der Waals surface area contributed by atoms with Gasteiger partial charge < -0.3 is 10.1 Å². The largest absolute Gasteiger partial charge is 0.396 e. The number of hydrogen-bond donors (Lipinski definition) is 2. The van der Waals surface area contributed by atoms with Crippen LogP contribution in [-0.2, 0) is 0 Å². The second-order valence-electron chi connectivity index (χ2n) is 2.64. The Morgan fingerprint density at radius 1 is 1.46 bits per heavy atom. The molecule has 0 unspecified atom stereocenters. The second-order valence-corrected chi connectivity index (χ2v) is 4.19. The zero-order chi connectivity index (χ0) is 9.52. The summed E-state index contributed by atoms with van der Waals surface area (Å²) in [5.74, 6) is 1.02. The predicted octanol–water partition coefficient (Wildman–Crippen LogP) is 2.61. The predicted molar refractivity (Wildman–Crippen MR) is 58.7 cm³/mol. The van der Waals surface area contributed by atoms with Crippen molar-refractivity contribution in [3.8, 4) is 0 Å². The molecular formula is C9H13NOS2. The molecule has 0 aliphatic heterocycles. The Labute approximate surface area is 87.4 Å². The van der Waals surface area contributed by atoms with Crippen molar-refractivity contribution in [2.75, 3.05) is 12.4 Å². The fourth-order valence-corrected chi connectivity index (χ4v) is 2.16. The van der Waals surface area contributed by atoms with Gasteiger partial charge in [-0.2, -0.15) is 0 Å². The van der Waals surface area contributed by atoms with Crippen LogP contribution in [0.15, 0.2) is 23.2 Å². The van der Waals surface area contributed by atoms with Crippen molar-refractivity contribution in [2.24, 2.45) is 0 Å². The fraction of sp³-hybridized carbons (Fsp3) is 0.444. The third-order valence-electron chi connectivity index (χ3n) is 1.59. The van der Waals surface area contributed by atoms with Gasteiger partial charge in [0.2, 0.25) is 0 Å². The van der Waals surface area contributed by atoms with Gasteiger partial charge in [-0.1, -0.05) is 12.2 Å². The van der Waals surface area contributed by atoms with Gasteiger partial charge in [0.25, 0.3) is 0 Å². The minimum Gasteiger partial charge on any atom is -0.396 e. The summed E-state index contributed by atoms with van der Waals surface area (Å²) in [4.78, 5) is 4.11. The average Bonchev–Trinajstić information content (AvgIpc) is 2.15. The number of nitrogens with one attached hydrogen (secondary N) is 1. The Morgan fingerprint density at radius 3 is 3.00 bits per heavy atom. The molecule has 0 spiro atoms. The third kappa shape index (κ3) is 3.93. The van der Waals surface area contributed by atoms with Gasteiger partial charge in [-0.15, -0.1) is 11.8 Å². The van der Waals surface area contributed by atoms with Crippen LogP contribution in [0.25, 0.3) is 0 Å². The molecule has 0 atom stereocenters. The van der Waals surface area contributed by atoms with E-state index in [0.717, 1.165) is 28.1 Å². The quantitative estimate of drug-likeness (QED) is 0.450. The van der Waals surface area contributed by atoms with Gasteiger partial charge in [0.1, 0.15) is 4.64 Å². The number of rotatable bonds is 5. The van der Waals surface area contributed by atoms with Crippen molar-refractivity contribution >= 4 is 24.0 Å². The first-order valence-electron chi connectivity index (χ1n) is 4.26. The number of thioether (sulfide) groups is 1. The molecule has 0 aromatic carbocycles. The Bertz CT molecular complexity index is 298. The summed E-state index contributed by atoms with van der Waals surface area (Å²) in [6, 6.07) is 3.96. The van der Waals surface area contributed by atoms with Gasteiger partial charge in [0.05, 0.1) is 0 Å². The highest BCUT2D eigenvalue weighted by molar-refractivity contribution is 7.99. The van der Waals surface area contributed by atoms with Gasteiger partial charge >= 0.3 is 0 Å². The first-order valence-corrected chi connectivity index (χ1v) is 5.65. The number of hydrogen-bond acceptors (Lipinski definition) is 3. The highest BCUT2D eigenvalue weighted by Gasteiger charge is 1.95. The Balaban J connectivity index is 2.37. The van der Waals surface area contributed by atoms with Crippen LogP contribution >= 0.6 is 24.0 Å². The van der Waals surface area contributed by atoms with E-state index in [-0.39, 0.29) is 6.61 Å². The zero-order valence-corrected chi connectivity index (χ0v) is 8.96. The van der Waals surface area contributed by atoms with E-state index in [0.29, 0.717) is 0 Å². The van der Waals surface area contributed by atoms with E-state index in [2.05, 4.69) is 4.98 Å². The molecule has 0 amide bonds. The molecule has 1 heterocycles. The van der Waals surface area contributed by atoms with Crippen molar-refractivity contribution in [2.45, 2.75) is 17.7 Å². The highest BCUT2D eigenvalue weighted by atomic mass is 32.2. The molecular weight excluding hydrogens is 202 g/mol. The van der Waals surface area contributed by atoms with Crippen LogP contribution in [0.4, 0.5) is 0 Å². The average molecular weight is 215 g/mol. The van der Waals surface area contributed by atoms with Crippen molar-refractivity contribution in [1.29, 1.82) is 0 Å². The molecule has 0 aliphatic carbocycles. The number of unbranched alkanes of at least 4 members (excludes halogenated alkanes) is 1. The summed E-state index contributed by atoms with van der Waals surface area (Å²) >= 11 is 6.84. The first-order chi connectivity index (χ1) is 6.34. The maximum Gasteiger partial charge on any atom is 0.116 e. The van der Waals surface area contributed by atoms with Crippen molar-refractivity contribution in [3.63, 3.8) is 0 Å². The third-order valence-corrected chi connectivity index (χ3v) is 3.20. The molecule has 0 saturated carbocycles. The Hall–Kier alpha value is -0.320. The molecule has 0 bridgehead atoms. The van der Waals surface area contributed by atoms with E-state index < -0.39 is 0 Å². The summed E-state index contributed by atoms with van der Waals surface area (Å²) < 4.78 is 0.802. The van der Waals surface area contributed by atoms with E-state index in [4.69, 9.17) is 17.3 Å². The molecule has 0 fully saturated rings. The van der Waals surface area contributed by atoms with Gasteiger partial charge in [-0.05, 0) is 30.7 Å². The maximum atomic E-state index is 8.58. The van der Waals surface area contributed by atoms with Gasteiger partial charge in [0, 0.05) is 17.7 Å². The van der Waals surface area contributed by atoms with E-state index >= 15 is 0 Å². The number of aromatic amines is 1. The van der Waals surface area contributed by atoms with E-state index in [1.165, 1.54) is 0 Å². The molecule has 2 nitrogen and oxygen atoms in total. The van der Waals surface area contributed by atoms with E-state index in [1.54, 1.807) is 11.8 Å². The number of aliphatic hydroxyl groups excluding tert-OH is 1. The number of H-pyrrole nitrogens is 1. The molecule has 0 radical (unpaired) electrons. The highest BCUT2D eigenvalue weighted by Crippen LogP contribution is 2.18. The van der Waals surface area contributed by atoms with Crippen LogP contribution in [0.3, 0.4) is 0 Å². The normalized spacial score (nSPS) is 10.2. The first kappa shape index (κ1) is 10.8. The maximum absolute atomic E-state index is 8.58. The lowest BCUT2D eigenvalue weighted by Gasteiger charge is -1.99. The van der Waals surface area contributed by atoms with Crippen LogP contribution in [0, 0.1) is 4.64 Å². The van der Waals surface area contributed by atoms with Crippen LogP contribution < -0.4 is 0 Å². The molecule has 2 N–H and O–H groups in total. The monoisotopic (exact) mass is 215 g/mol. The summed E-state index contributed by atoms with van der Waals surface area (Å²) in [6.45, 7) is 0.280. The SMILES string of the molecule is OCCCCSc1ccc[nH]c1=S. The minimum absolute atomic E-state index is 0.280. The molecule has 4 heteroatoms. The summed E-state index contributed by atoms with van der Waals surface area (Å²) in [5.41, 5.74) is 0. The topological polar surface area (TPSA) is 36.0 Å². The van der Waals surface area contributed by atoms with Crippen LogP contribution in [0.1, 0.15) is 12.8 Å². The standard InChI is InChI=1S/C9H13NOS2/c11-6-1-2-7-13-8-4-3-5-10-9(8)12/h3-5,11H,1-2,6-7H2,(H,10,12). The number of pyridine rings is 1. The van der Waals surface area contributed by atoms with Crippen molar-refractivity contribution in [3.05, 3.63) is 23.0 Å². The minimum atomic E-state index is 0.280. The smallest absolute Gasteiger partial charge is 0.116 e. The number of aromatic nitrogens is 1. The zero-order valence-electron chi connectivity index (χ0n) is 7.32. The Kier molecular flexibility index (Phi) is 5.12. The summed E-state index contributed by atoms with van der Waals surface area (Å²) in [5, 5.41) is 8.58. The summed E-state index contributed by atoms with van der Waals surface area (Å²) in [6.07, 6.45) is 3.74. The van der Waals surface area contributed by atoms with Crippen LogP contribution in [0.2, 0.25) is 0 Å².